The molecule has 2 fully saturated rings. The molecule has 6 aromatic carbocycles. The molecule has 1 heterocycles. The van der Waals surface area contributed by atoms with Crippen LogP contribution in [0.2, 0.25) is 0 Å². The van der Waals surface area contributed by atoms with Crippen molar-refractivity contribution in [1.82, 2.24) is 15.5 Å². The number of hydrogen-bond donors (Lipinski definition) is 6. The second-order valence-electron chi connectivity index (χ2n) is 22.5. The molecule has 482 valence electrons. The first-order valence-corrected chi connectivity index (χ1v) is 28.2. The fraction of sp³-hybridized carbons (Fsp3) is 0.338. The number of amides is 5. The molecule has 6 aromatic rings. The Labute approximate surface area is 510 Å². The lowest BCUT2D eigenvalue weighted by Gasteiger charge is -2.36. The summed E-state index contributed by atoms with van der Waals surface area (Å²) in [5, 5.41) is 21.1. The van der Waals surface area contributed by atoms with Crippen molar-refractivity contribution in [1.29, 1.82) is 0 Å². The molecule has 0 atom stereocenters. The van der Waals surface area contributed by atoms with E-state index in [9.17, 15) is 77.4 Å². The van der Waals surface area contributed by atoms with Gasteiger partial charge in [0.2, 0.25) is 0 Å². The number of likely N-dealkylation sites (tertiary alicyclic amines) is 1. The summed E-state index contributed by atoms with van der Waals surface area (Å²) in [7, 11) is 0. The summed E-state index contributed by atoms with van der Waals surface area (Å²) in [6, 6.07) is 17.1. The van der Waals surface area contributed by atoms with Crippen molar-refractivity contribution in [3.8, 4) is 0 Å². The number of piperidine rings is 1. The number of carbonyl (C=O) groups excluding carboxylic acids is 5. The normalized spacial score (nSPS) is 15.4. The highest BCUT2D eigenvalue weighted by Crippen LogP contribution is 2.40. The lowest BCUT2D eigenvalue weighted by atomic mass is 9.87. The zero-order chi connectivity index (χ0) is 66.8. The van der Waals surface area contributed by atoms with Crippen LogP contribution < -0.4 is 26.6 Å². The van der Waals surface area contributed by atoms with Gasteiger partial charge in [-0.2, -0.15) is 26.3 Å². The summed E-state index contributed by atoms with van der Waals surface area (Å²) in [6.45, 7) is 13.7. The monoisotopic (exact) mass is 1270 g/mol. The number of aryl methyl sites for hydroxylation is 2. The van der Waals surface area contributed by atoms with E-state index in [4.69, 9.17) is 0 Å². The molecule has 0 bridgehead atoms. The number of alkyl halides is 6. The van der Waals surface area contributed by atoms with Crippen molar-refractivity contribution < 1.29 is 86.2 Å². The molecule has 1 aliphatic carbocycles. The van der Waals surface area contributed by atoms with Crippen LogP contribution in [0.25, 0.3) is 0 Å². The fourth-order valence-corrected chi connectivity index (χ4v) is 9.24. The Morgan fingerprint density at radius 1 is 0.500 bits per heavy atom. The Balaban J connectivity index is 0.000000215. The predicted octanol–water partition coefficient (Wildman–Crippen LogP) is 14.7. The molecular weight excluding hydrogens is 1210 g/mol. The number of benzene rings is 6. The smallest absolute Gasteiger partial charge is 0.352 e. The Kier molecular flexibility index (Phi) is 22.9. The van der Waals surface area contributed by atoms with E-state index in [1.165, 1.54) is 49.1 Å². The van der Waals surface area contributed by atoms with Gasteiger partial charge in [-0.15, -0.1) is 0 Å². The minimum absolute atomic E-state index is 0.120. The van der Waals surface area contributed by atoms with Gasteiger partial charge in [-0.05, 0) is 193 Å². The van der Waals surface area contributed by atoms with Crippen molar-refractivity contribution in [2.45, 2.75) is 122 Å². The maximum atomic E-state index is 15.0. The number of carbonyl (C=O) groups is 5. The summed E-state index contributed by atoms with van der Waals surface area (Å²) in [5.74, 6) is -24.5. The molecule has 1 saturated heterocycles. The number of anilines is 3. The van der Waals surface area contributed by atoms with Crippen molar-refractivity contribution in [2.75, 3.05) is 29.0 Å². The van der Waals surface area contributed by atoms with Gasteiger partial charge in [-0.3, -0.25) is 24.0 Å². The van der Waals surface area contributed by atoms with Gasteiger partial charge in [-0.1, -0.05) is 20.4 Å². The van der Waals surface area contributed by atoms with Crippen LogP contribution in [0.4, 0.5) is 74.1 Å². The topological polar surface area (TPSA) is 169 Å². The van der Waals surface area contributed by atoms with Crippen LogP contribution in [0, 0.1) is 60.5 Å². The molecule has 12 nitrogen and oxygen atoms in total. The summed E-state index contributed by atoms with van der Waals surface area (Å²) in [4.78, 5) is 62.8. The van der Waals surface area contributed by atoms with E-state index in [2.05, 4.69) is 33.2 Å². The third-order valence-electron chi connectivity index (χ3n) is 15.2. The van der Waals surface area contributed by atoms with Crippen LogP contribution in [0.15, 0.2) is 121 Å². The van der Waals surface area contributed by atoms with E-state index < -0.39 is 128 Å². The lowest BCUT2D eigenvalue weighted by molar-refractivity contribution is -0.149. The molecule has 2 aliphatic rings. The SMILES string of the molecule is C=C(N1CCC(O)CC1)C(F)(F)c1cc(C(=O)Nc2ccc(F)c(C)c2)ccc1F.CC1CCC(NC(=O)C(F)(F)c2cc(C(=O)Nc3ccc(F)c(F)c3)ccc2F)CC1.CCC(C)(C)NC(=O)C(F)(F)c1cc(C(=O)Nc2ccc(F)c(C)c2)ccc1F. The Morgan fingerprint density at radius 3 is 1.26 bits per heavy atom. The van der Waals surface area contributed by atoms with E-state index in [1.54, 1.807) is 20.8 Å². The highest BCUT2D eigenvalue weighted by molar-refractivity contribution is 6.06. The molecule has 5 amide bonds. The number of nitrogens with one attached hydrogen (secondary N) is 5. The highest BCUT2D eigenvalue weighted by Gasteiger charge is 2.47. The Hall–Kier alpha value is -8.74. The summed E-state index contributed by atoms with van der Waals surface area (Å²) < 4.78 is 184. The Morgan fingerprint density at radius 2 is 0.867 bits per heavy atom. The van der Waals surface area contributed by atoms with Gasteiger partial charge >= 0.3 is 17.8 Å². The van der Waals surface area contributed by atoms with E-state index in [0.717, 1.165) is 61.4 Å². The fourth-order valence-electron chi connectivity index (χ4n) is 9.24. The first kappa shape index (κ1) is 70.3. The molecule has 25 heteroatoms. The van der Waals surface area contributed by atoms with Gasteiger partial charge in [0.1, 0.15) is 29.1 Å². The molecule has 1 saturated carbocycles. The number of hydrogen-bond acceptors (Lipinski definition) is 7. The summed E-state index contributed by atoms with van der Waals surface area (Å²) >= 11 is 0. The predicted molar refractivity (Wildman–Crippen MR) is 311 cm³/mol. The molecule has 6 N–H and O–H groups in total. The zero-order valence-corrected chi connectivity index (χ0v) is 49.5. The van der Waals surface area contributed by atoms with Gasteiger partial charge in [0, 0.05) is 64.5 Å². The van der Waals surface area contributed by atoms with Crippen LogP contribution in [0.5, 0.6) is 0 Å². The molecule has 0 unspecified atom stereocenters. The van der Waals surface area contributed by atoms with Gasteiger partial charge in [0.05, 0.1) is 28.5 Å². The average molecular weight is 1270 g/mol. The van der Waals surface area contributed by atoms with Crippen LogP contribution in [-0.2, 0) is 27.4 Å². The maximum absolute atomic E-state index is 15.0. The van der Waals surface area contributed by atoms with Gasteiger partial charge in [0.15, 0.2) is 11.6 Å². The summed E-state index contributed by atoms with van der Waals surface area (Å²) in [6.07, 6.45) is 3.17. The number of nitrogens with zero attached hydrogens (tertiary/aromatic N) is 1. The number of rotatable bonds is 16. The molecular formula is C65H65F13N6O6. The van der Waals surface area contributed by atoms with Gasteiger partial charge in [-0.25, -0.2) is 30.7 Å². The molecule has 0 spiro atoms. The van der Waals surface area contributed by atoms with E-state index in [0.29, 0.717) is 73.9 Å². The molecule has 90 heavy (non-hydrogen) atoms. The second-order valence-corrected chi connectivity index (χ2v) is 22.5. The minimum Gasteiger partial charge on any atom is -0.393 e. The third-order valence-corrected chi connectivity index (χ3v) is 15.2. The van der Waals surface area contributed by atoms with Crippen LogP contribution in [0.1, 0.15) is 132 Å². The van der Waals surface area contributed by atoms with E-state index >= 15 is 8.78 Å². The van der Waals surface area contributed by atoms with Crippen LogP contribution >= 0.6 is 0 Å². The summed E-state index contributed by atoms with van der Waals surface area (Å²) in [5.41, 5.74) is -4.72. The number of allylic oxidation sites excluding steroid dienone is 1. The number of halogens is 13. The Bertz CT molecular complexity index is 3640. The largest absolute Gasteiger partial charge is 0.393 e. The minimum atomic E-state index is -4.20. The highest BCUT2D eigenvalue weighted by atomic mass is 19.3. The van der Waals surface area contributed by atoms with Crippen LogP contribution in [0.3, 0.4) is 0 Å². The van der Waals surface area contributed by atoms with Crippen molar-refractivity contribution in [2.24, 2.45) is 5.92 Å². The molecule has 0 aromatic heterocycles. The first-order valence-electron chi connectivity index (χ1n) is 28.2. The zero-order valence-electron chi connectivity index (χ0n) is 49.5. The quantitative estimate of drug-likeness (QED) is 0.0524. The number of aliphatic hydroxyl groups is 1. The maximum Gasteiger partial charge on any atom is 0.352 e. The van der Waals surface area contributed by atoms with E-state index in [-0.39, 0.29) is 52.4 Å². The molecule has 8 rings (SSSR count). The standard InChI is InChI=1S/C22H21F5N2O2.C22H22F4N2O2.C21H22F4N2O2/c1-12-2-5-14(6-3-12)29-21(31)22(26,27)16-10-13(4-8-17(16)23)20(30)28-15-7-9-18(24)19(25)11-15;1-13-11-16(4-6-19(13)23)27-21(30)15-3-5-20(24)18(12-15)22(25,26)14(2)28-9-7-17(29)8-10-28;1-5-20(3,4)27-19(29)21(24,25)15-11-13(6-8-17(15)23)18(28)26-14-7-9-16(22)12(2)10-14/h4,7-12,14H,2-3,5-6H2,1H3,(H,28,30)(H,29,31);3-6,11-12,17,29H,2,7-10H2,1H3,(H,27,30);6-11H,5H2,1-4H3,(H,26,28)(H,27,29). The first-order chi connectivity index (χ1) is 42.0. The van der Waals surface area contributed by atoms with Gasteiger partial charge < -0.3 is 36.6 Å². The van der Waals surface area contributed by atoms with Crippen molar-refractivity contribution in [3.05, 3.63) is 207 Å². The number of aliphatic hydroxyl groups excluding tert-OH is 1. The average Bonchev–Trinajstić information content (AvgIpc) is 1.24. The lowest BCUT2D eigenvalue weighted by Crippen LogP contribution is -2.49. The second kappa shape index (κ2) is 29.3. The van der Waals surface area contributed by atoms with E-state index in [1.807, 2.05) is 6.92 Å². The van der Waals surface area contributed by atoms with Crippen molar-refractivity contribution >= 4 is 46.6 Å². The van der Waals surface area contributed by atoms with Crippen molar-refractivity contribution in [3.63, 3.8) is 0 Å². The third kappa shape index (κ3) is 17.8. The molecule has 0 radical (unpaired) electrons. The molecule has 1 aliphatic heterocycles. The van der Waals surface area contributed by atoms with Gasteiger partial charge in [0.25, 0.3) is 29.5 Å². The van der Waals surface area contributed by atoms with Crippen LogP contribution in [-0.4, -0.2) is 70.3 Å².